The van der Waals surface area contributed by atoms with Crippen LogP contribution < -0.4 is 11.3 Å². The number of rotatable bonds is 2. The highest BCUT2D eigenvalue weighted by atomic mass is 35.5. The molecule has 1 aromatic carbocycles. The zero-order chi connectivity index (χ0) is 17.6. The van der Waals surface area contributed by atoms with Gasteiger partial charge in [-0.05, 0) is 49.4 Å². The van der Waals surface area contributed by atoms with E-state index in [-0.39, 0.29) is 11.2 Å². The van der Waals surface area contributed by atoms with Crippen LogP contribution in [0.3, 0.4) is 0 Å². The topological polar surface area (TPSA) is 78.7 Å². The monoisotopic (exact) mass is 351 g/mol. The van der Waals surface area contributed by atoms with E-state index in [9.17, 15) is 4.79 Å². The van der Waals surface area contributed by atoms with Crippen molar-refractivity contribution >= 4 is 28.3 Å². The van der Waals surface area contributed by atoms with Crippen LogP contribution in [0.5, 0.6) is 0 Å². The van der Waals surface area contributed by atoms with Gasteiger partial charge in [-0.2, -0.15) is 5.10 Å². The second kappa shape index (κ2) is 5.75. The van der Waals surface area contributed by atoms with Crippen molar-refractivity contribution in [3.8, 4) is 11.4 Å². The highest BCUT2D eigenvalue weighted by molar-refractivity contribution is 6.30. The zero-order valence-corrected chi connectivity index (χ0v) is 14.1. The Bertz CT molecular complexity index is 1130. The predicted molar refractivity (Wildman–Crippen MR) is 98.6 cm³/mol. The maximum absolute atomic E-state index is 13.2. The summed E-state index contributed by atoms with van der Waals surface area (Å²) in [7, 11) is 0. The molecule has 0 saturated heterocycles. The van der Waals surface area contributed by atoms with Crippen LogP contribution in [0.4, 0.5) is 5.69 Å². The van der Waals surface area contributed by atoms with E-state index >= 15 is 0 Å². The lowest BCUT2D eigenvalue weighted by atomic mass is 10.2. The van der Waals surface area contributed by atoms with Gasteiger partial charge in [-0.1, -0.05) is 11.6 Å². The van der Waals surface area contributed by atoms with Crippen molar-refractivity contribution in [2.45, 2.75) is 6.92 Å². The Morgan fingerprint density at radius 1 is 1.12 bits per heavy atom. The van der Waals surface area contributed by atoms with E-state index in [0.717, 1.165) is 5.69 Å². The Kier molecular flexibility index (Phi) is 3.54. The number of fused-ring (bicyclic) bond motifs is 1. The lowest BCUT2D eigenvalue weighted by Gasteiger charge is -2.15. The van der Waals surface area contributed by atoms with Crippen molar-refractivity contribution < 1.29 is 0 Å². The fraction of sp³-hybridized carbons (Fsp3) is 0.0556. The van der Waals surface area contributed by atoms with Crippen LogP contribution in [0, 0.1) is 6.92 Å². The molecule has 0 aliphatic carbocycles. The van der Waals surface area contributed by atoms with E-state index in [1.807, 2.05) is 19.1 Å². The number of anilines is 1. The molecule has 3 heterocycles. The molecule has 0 unspecified atom stereocenters. The maximum Gasteiger partial charge on any atom is 0.284 e. The second-order valence-electron chi connectivity index (χ2n) is 5.65. The van der Waals surface area contributed by atoms with E-state index < -0.39 is 0 Å². The van der Waals surface area contributed by atoms with Gasteiger partial charge in [-0.3, -0.25) is 9.36 Å². The molecule has 0 aliphatic rings. The molecule has 4 rings (SSSR count). The number of nitrogen functional groups attached to an aromatic ring is 1. The molecule has 7 heteroatoms. The van der Waals surface area contributed by atoms with Gasteiger partial charge in [0.05, 0.1) is 11.4 Å². The minimum atomic E-state index is -0.297. The molecule has 0 aliphatic heterocycles. The minimum Gasteiger partial charge on any atom is -0.396 e. The van der Waals surface area contributed by atoms with Crippen LogP contribution in [0.25, 0.3) is 22.4 Å². The fourth-order valence-corrected chi connectivity index (χ4v) is 2.95. The third-order valence-electron chi connectivity index (χ3n) is 4.00. The molecule has 2 N–H and O–H groups in total. The normalized spacial score (nSPS) is 11.1. The molecule has 0 saturated carbocycles. The van der Waals surface area contributed by atoms with Crippen molar-refractivity contribution in [3.63, 3.8) is 0 Å². The summed E-state index contributed by atoms with van der Waals surface area (Å²) in [6.45, 7) is 1.87. The molecule has 0 bridgehead atoms. The first-order chi connectivity index (χ1) is 12.1. The molecule has 25 heavy (non-hydrogen) atoms. The Labute approximate surface area is 148 Å². The van der Waals surface area contributed by atoms with Crippen LogP contribution in [0.15, 0.2) is 59.7 Å². The van der Waals surface area contributed by atoms with Crippen molar-refractivity contribution in [1.82, 2.24) is 19.3 Å². The van der Waals surface area contributed by atoms with Gasteiger partial charge in [0.2, 0.25) is 0 Å². The van der Waals surface area contributed by atoms with Gasteiger partial charge in [-0.15, -0.1) is 0 Å². The first-order valence-electron chi connectivity index (χ1n) is 7.64. The summed E-state index contributed by atoms with van der Waals surface area (Å²) >= 11 is 5.98. The standard InChI is InChI=1S/C18H14ClN5O/c1-11-3-8-14-15(20)16(23-10-2-9-21-23)18(25)24(17(14)22-11)13-6-4-12(19)5-7-13/h2-10H,20H2,1H3. The number of aromatic nitrogens is 4. The summed E-state index contributed by atoms with van der Waals surface area (Å²) in [6.07, 6.45) is 3.29. The first-order valence-corrected chi connectivity index (χ1v) is 8.02. The van der Waals surface area contributed by atoms with Crippen LogP contribution in [0.1, 0.15) is 5.69 Å². The molecule has 3 aromatic heterocycles. The van der Waals surface area contributed by atoms with E-state index in [4.69, 9.17) is 17.3 Å². The molecule has 0 fully saturated rings. The van der Waals surface area contributed by atoms with Gasteiger partial charge in [0, 0.05) is 28.5 Å². The summed E-state index contributed by atoms with van der Waals surface area (Å²) < 4.78 is 3.01. The Morgan fingerprint density at radius 2 is 1.88 bits per heavy atom. The van der Waals surface area contributed by atoms with Crippen molar-refractivity contribution in [3.05, 3.63) is 75.9 Å². The smallest absolute Gasteiger partial charge is 0.284 e. The van der Waals surface area contributed by atoms with Gasteiger partial charge in [0.15, 0.2) is 5.69 Å². The third-order valence-corrected chi connectivity index (χ3v) is 4.25. The van der Waals surface area contributed by atoms with Crippen molar-refractivity contribution in [1.29, 1.82) is 0 Å². The first kappa shape index (κ1) is 15.4. The van der Waals surface area contributed by atoms with Gasteiger partial charge < -0.3 is 5.73 Å². The number of pyridine rings is 2. The molecular weight excluding hydrogens is 338 g/mol. The minimum absolute atomic E-state index is 0.290. The molecule has 0 radical (unpaired) electrons. The summed E-state index contributed by atoms with van der Waals surface area (Å²) in [4.78, 5) is 17.8. The van der Waals surface area contributed by atoms with Gasteiger partial charge >= 0.3 is 0 Å². The zero-order valence-electron chi connectivity index (χ0n) is 13.3. The number of halogens is 1. The van der Waals surface area contributed by atoms with E-state index in [0.29, 0.717) is 27.4 Å². The van der Waals surface area contributed by atoms with Crippen molar-refractivity contribution in [2.24, 2.45) is 0 Å². The average molecular weight is 352 g/mol. The Balaban J connectivity index is 2.18. The Hall–Kier alpha value is -3.12. The molecule has 6 nitrogen and oxygen atoms in total. The van der Waals surface area contributed by atoms with Gasteiger partial charge in [0.25, 0.3) is 5.56 Å². The lowest BCUT2D eigenvalue weighted by Crippen LogP contribution is -2.26. The third kappa shape index (κ3) is 2.47. The molecule has 0 atom stereocenters. The van der Waals surface area contributed by atoms with E-state index in [1.54, 1.807) is 42.7 Å². The molecular formula is C18H14ClN5O. The quantitative estimate of drug-likeness (QED) is 0.601. The fourth-order valence-electron chi connectivity index (χ4n) is 2.82. The highest BCUT2D eigenvalue weighted by Gasteiger charge is 2.18. The number of nitrogens with zero attached hydrogens (tertiary/aromatic N) is 4. The molecule has 0 spiro atoms. The maximum atomic E-state index is 13.2. The molecule has 4 aromatic rings. The number of benzene rings is 1. The summed E-state index contributed by atoms with van der Waals surface area (Å²) in [5.74, 6) is 0. The number of nitrogens with two attached hydrogens (primary N) is 1. The lowest BCUT2D eigenvalue weighted by molar-refractivity contribution is 0.851. The van der Waals surface area contributed by atoms with Gasteiger partial charge in [0.1, 0.15) is 5.65 Å². The summed E-state index contributed by atoms with van der Waals surface area (Å²) in [5, 5.41) is 5.44. The SMILES string of the molecule is Cc1ccc2c(N)c(-n3cccn3)c(=O)n(-c3ccc(Cl)cc3)c2n1. The highest BCUT2D eigenvalue weighted by Crippen LogP contribution is 2.26. The summed E-state index contributed by atoms with van der Waals surface area (Å²) in [6, 6.07) is 12.5. The number of hydrogen-bond acceptors (Lipinski definition) is 4. The number of hydrogen-bond donors (Lipinski definition) is 1. The van der Waals surface area contributed by atoms with Crippen LogP contribution in [-0.2, 0) is 0 Å². The van der Waals surface area contributed by atoms with Crippen LogP contribution in [0.2, 0.25) is 5.02 Å². The van der Waals surface area contributed by atoms with Crippen LogP contribution in [-0.4, -0.2) is 19.3 Å². The largest absolute Gasteiger partial charge is 0.396 e. The van der Waals surface area contributed by atoms with Crippen LogP contribution >= 0.6 is 11.6 Å². The Morgan fingerprint density at radius 3 is 2.56 bits per heavy atom. The molecule has 124 valence electrons. The van der Waals surface area contributed by atoms with Crippen molar-refractivity contribution in [2.75, 3.05) is 5.73 Å². The average Bonchev–Trinajstić information content (AvgIpc) is 3.10. The number of aryl methyl sites for hydroxylation is 1. The predicted octanol–water partition coefficient (Wildman–Crippen LogP) is 3.12. The summed E-state index contributed by atoms with van der Waals surface area (Å²) in [5.41, 5.74) is 8.59. The second-order valence-corrected chi connectivity index (χ2v) is 6.09. The van der Waals surface area contributed by atoms with E-state index in [2.05, 4.69) is 10.1 Å². The molecule has 0 amide bonds. The van der Waals surface area contributed by atoms with Gasteiger partial charge in [-0.25, -0.2) is 9.67 Å². The van der Waals surface area contributed by atoms with E-state index in [1.165, 1.54) is 9.25 Å².